The van der Waals surface area contributed by atoms with Gasteiger partial charge in [-0.05, 0) is 47.6 Å². The molecule has 0 rings (SSSR count). The van der Waals surface area contributed by atoms with Gasteiger partial charge in [0, 0.05) is 13.2 Å². The maximum Gasteiger partial charge on any atom is 0.334 e. The first-order chi connectivity index (χ1) is 6.91. The van der Waals surface area contributed by atoms with Crippen LogP contribution in [0.4, 0.5) is 0 Å². The van der Waals surface area contributed by atoms with Crippen LogP contribution in [0.1, 0.15) is 27.2 Å². The Labute approximate surface area is 97.0 Å². The van der Waals surface area contributed by atoms with Gasteiger partial charge in [0.05, 0.1) is 0 Å². The highest BCUT2D eigenvalue weighted by atomic mass is 28.4. The van der Waals surface area contributed by atoms with Crippen molar-refractivity contribution in [3.8, 4) is 0 Å². The van der Waals surface area contributed by atoms with Crippen LogP contribution in [0.2, 0.25) is 12.6 Å². The van der Waals surface area contributed by atoms with E-state index >= 15 is 0 Å². The van der Waals surface area contributed by atoms with Gasteiger partial charge in [0.15, 0.2) is 0 Å². The summed E-state index contributed by atoms with van der Waals surface area (Å²) in [6.07, 6.45) is 1.16. The van der Waals surface area contributed by atoms with Crippen molar-refractivity contribution in [2.24, 2.45) is 0 Å². The lowest BCUT2D eigenvalue weighted by Gasteiger charge is -2.25. The fourth-order valence-electron chi connectivity index (χ4n) is 1.25. The van der Waals surface area contributed by atoms with Crippen LogP contribution >= 0.6 is 0 Å². The molecular weight excluding hydrogens is 206 g/mol. The Bertz CT molecular complexity index is 112. The number of hydrogen-bond acceptors (Lipinski definition) is 3. The Kier molecular flexibility index (Phi) is 12.4. The van der Waals surface area contributed by atoms with Gasteiger partial charge in [-0.3, -0.25) is 0 Å². The number of hydrogen-bond donors (Lipinski definition) is 0. The van der Waals surface area contributed by atoms with Gasteiger partial charge >= 0.3 is 8.56 Å². The first-order valence-electron chi connectivity index (χ1n) is 5.80. The van der Waals surface area contributed by atoms with Gasteiger partial charge in [-0.2, -0.15) is 0 Å². The molecule has 0 N–H and O–H groups in total. The van der Waals surface area contributed by atoms with Crippen LogP contribution in [0.15, 0.2) is 0 Å². The van der Waals surface area contributed by atoms with Gasteiger partial charge in [-0.1, -0.05) is 13.3 Å². The molecule has 0 radical (unpaired) electrons. The third-order valence-corrected chi connectivity index (χ3v) is 4.81. The quantitative estimate of drug-likeness (QED) is 0.661. The van der Waals surface area contributed by atoms with Gasteiger partial charge in [0.2, 0.25) is 0 Å². The molecule has 0 aromatic carbocycles. The number of nitrogens with zero attached hydrogens (tertiary/aromatic N) is 1. The van der Waals surface area contributed by atoms with Crippen LogP contribution < -0.4 is 0 Å². The lowest BCUT2D eigenvalue weighted by atomic mass is 10.6. The zero-order valence-electron chi connectivity index (χ0n) is 11.6. The molecule has 0 heterocycles. The SMILES string of the molecule is CCC[Si](C)(OCC)OCC.CN(C)C. The minimum atomic E-state index is -1.75. The van der Waals surface area contributed by atoms with Crippen molar-refractivity contribution in [3.05, 3.63) is 0 Å². The Balaban J connectivity index is 0. The molecule has 0 spiro atoms. The molecule has 0 aliphatic rings. The molecule has 4 heteroatoms. The zero-order valence-corrected chi connectivity index (χ0v) is 12.6. The second kappa shape index (κ2) is 10.6. The van der Waals surface area contributed by atoms with Crippen molar-refractivity contribution in [3.63, 3.8) is 0 Å². The molecule has 0 bridgehead atoms. The minimum absolute atomic E-state index is 0.780. The Morgan fingerprint density at radius 3 is 1.47 bits per heavy atom. The molecule has 0 fully saturated rings. The predicted octanol–water partition coefficient (Wildman–Crippen LogP) is 2.72. The van der Waals surface area contributed by atoms with E-state index in [0.717, 1.165) is 25.7 Å². The first-order valence-corrected chi connectivity index (χ1v) is 8.33. The molecule has 0 aromatic rings. The van der Waals surface area contributed by atoms with Crippen LogP contribution in [-0.2, 0) is 8.85 Å². The highest BCUT2D eigenvalue weighted by Gasteiger charge is 2.28. The van der Waals surface area contributed by atoms with Gasteiger partial charge < -0.3 is 13.8 Å². The lowest BCUT2D eigenvalue weighted by molar-refractivity contribution is 0.189. The summed E-state index contributed by atoms with van der Waals surface area (Å²) in [5.41, 5.74) is 0. The summed E-state index contributed by atoms with van der Waals surface area (Å²) in [6.45, 7) is 9.93. The largest absolute Gasteiger partial charge is 0.395 e. The summed E-state index contributed by atoms with van der Waals surface area (Å²) in [5.74, 6) is 0. The van der Waals surface area contributed by atoms with Crippen molar-refractivity contribution in [1.29, 1.82) is 0 Å². The first kappa shape index (κ1) is 17.5. The molecule has 15 heavy (non-hydrogen) atoms. The van der Waals surface area contributed by atoms with Crippen LogP contribution in [-0.4, -0.2) is 47.8 Å². The van der Waals surface area contributed by atoms with Gasteiger partial charge in [0.1, 0.15) is 0 Å². The van der Waals surface area contributed by atoms with E-state index in [9.17, 15) is 0 Å². The average molecular weight is 235 g/mol. The topological polar surface area (TPSA) is 21.7 Å². The zero-order chi connectivity index (χ0) is 12.3. The summed E-state index contributed by atoms with van der Waals surface area (Å²) in [6, 6.07) is 1.11. The Morgan fingerprint density at radius 2 is 1.27 bits per heavy atom. The van der Waals surface area contributed by atoms with E-state index in [1.54, 1.807) is 0 Å². The molecule has 0 amide bonds. The monoisotopic (exact) mass is 235 g/mol. The molecule has 0 aliphatic carbocycles. The second-order valence-corrected chi connectivity index (χ2v) is 7.44. The molecule has 0 unspecified atom stereocenters. The second-order valence-electron chi connectivity index (χ2n) is 4.09. The Hall–Kier alpha value is 0.0969. The molecular formula is C11H29NO2Si. The molecule has 0 aromatic heterocycles. The van der Waals surface area contributed by atoms with Crippen molar-refractivity contribution >= 4 is 8.56 Å². The molecule has 0 saturated heterocycles. The third kappa shape index (κ3) is 14.1. The minimum Gasteiger partial charge on any atom is -0.395 e. The van der Waals surface area contributed by atoms with Crippen molar-refractivity contribution in [1.82, 2.24) is 4.90 Å². The van der Waals surface area contributed by atoms with Crippen LogP contribution in [0.3, 0.4) is 0 Å². The number of rotatable bonds is 6. The fourth-order valence-corrected chi connectivity index (χ4v) is 3.75. The van der Waals surface area contributed by atoms with E-state index < -0.39 is 8.56 Å². The average Bonchev–Trinajstić information content (AvgIpc) is 2.03. The van der Waals surface area contributed by atoms with Gasteiger partial charge in [-0.25, -0.2) is 0 Å². The van der Waals surface area contributed by atoms with Crippen LogP contribution in [0, 0.1) is 0 Å². The molecule has 0 saturated carbocycles. The third-order valence-electron chi connectivity index (χ3n) is 1.60. The normalized spacial score (nSPS) is 11.2. The van der Waals surface area contributed by atoms with E-state index in [0.29, 0.717) is 0 Å². The smallest absolute Gasteiger partial charge is 0.334 e. The maximum absolute atomic E-state index is 5.63. The fraction of sp³-hybridized carbons (Fsp3) is 1.00. The highest BCUT2D eigenvalue weighted by molar-refractivity contribution is 6.66. The standard InChI is InChI=1S/C8H20O2Si.C3H9N/c1-5-8-11(4,9-6-2)10-7-3;1-4(2)3/h5-8H2,1-4H3;1-3H3. The van der Waals surface area contributed by atoms with E-state index in [2.05, 4.69) is 13.5 Å². The summed E-state index contributed by atoms with van der Waals surface area (Å²) >= 11 is 0. The summed E-state index contributed by atoms with van der Waals surface area (Å²) in [7, 11) is 4.25. The Morgan fingerprint density at radius 1 is 0.933 bits per heavy atom. The molecule has 94 valence electrons. The van der Waals surface area contributed by atoms with Gasteiger partial charge in [-0.15, -0.1) is 0 Å². The summed E-state index contributed by atoms with van der Waals surface area (Å²) in [4.78, 5) is 2.00. The van der Waals surface area contributed by atoms with Gasteiger partial charge in [0.25, 0.3) is 0 Å². The van der Waals surface area contributed by atoms with Crippen molar-refractivity contribution in [2.45, 2.75) is 39.8 Å². The van der Waals surface area contributed by atoms with E-state index in [1.165, 1.54) is 0 Å². The predicted molar refractivity (Wildman–Crippen MR) is 69.6 cm³/mol. The summed E-state index contributed by atoms with van der Waals surface area (Å²) in [5, 5.41) is 0. The molecule has 3 nitrogen and oxygen atoms in total. The summed E-state index contributed by atoms with van der Waals surface area (Å²) < 4.78 is 11.3. The van der Waals surface area contributed by atoms with Crippen molar-refractivity contribution in [2.75, 3.05) is 34.4 Å². The van der Waals surface area contributed by atoms with E-state index in [-0.39, 0.29) is 0 Å². The van der Waals surface area contributed by atoms with E-state index in [4.69, 9.17) is 8.85 Å². The van der Waals surface area contributed by atoms with Crippen molar-refractivity contribution < 1.29 is 8.85 Å². The lowest BCUT2D eigenvalue weighted by Crippen LogP contribution is -2.38. The molecule has 0 atom stereocenters. The van der Waals surface area contributed by atoms with E-state index in [1.807, 2.05) is 39.9 Å². The molecule has 0 aliphatic heterocycles. The van der Waals surface area contributed by atoms with Crippen LogP contribution in [0.25, 0.3) is 0 Å². The maximum atomic E-state index is 5.63. The highest BCUT2D eigenvalue weighted by Crippen LogP contribution is 2.14. The van der Waals surface area contributed by atoms with Crippen LogP contribution in [0.5, 0.6) is 0 Å².